The number of amides is 1. The fraction of sp³-hybridized carbons (Fsp3) is 0.367. The van der Waals surface area contributed by atoms with Crippen molar-refractivity contribution in [3.05, 3.63) is 77.9 Å². The van der Waals surface area contributed by atoms with Gasteiger partial charge in [-0.3, -0.25) is 4.79 Å². The molecule has 0 radical (unpaired) electrons. The average Bonchev–Trinajstić information content (AvgIpc) is 3.49. The van der Waals surface area contributed by atoms with Gasteiger partial charge in [0, 0.05) is 25.3 Å². The van der Waals surface area contributed by atoms with E-state index in [2.05, 4.69) is 14.9 Å². The van der Waals surface area contributed by atoms with E-state index in [9.17, 15) is 13.2 Å². The molecule has 1 amide bonds. The molecule has 3 aromatic carbocycles. The second kappa shape index (κ2) is 13.0. The molecule has 0 spiro atoms. The van der Waals surface area contributed by atoms with Gasteiger partial charge >= 0.3 is 0 Å². The van der Waals surface area contributed by atoms with Crippen molar-refractivity contribution in [1.82, 2.24) is 4.72 Å². The lowest BCUT2D eigenvalue weighted by molar-refractivity contribution is -0.117. The zero-order valence-corrected chi connectivity index (χ0v) is 23.6. The molecule has 4 rings (SSSR count). The van der Waals surface area contributed by atoms with Crippen molar-refractivity contribution < 1.29 is 22.7 Å². The fourth-order valence-corrected chi connectivity index (χ4v) is 6.24. The van der Waals surface area contributed by atoms with Gasteiger partial charge in [0.25, 0.3) is 0 Å². The van der Waals surface area contributed by atoms with E-state index in [4.69, 9.17) is 9.47 Å². The minimum atomic E-state index is -3.86. The lowest BCUT2D eigenvalue weighted by atomic mass is 9.95. The molecule has 208 valence electrons. The number of benzene rings is 3. The molecule has 0 saturated carbocycles. The van der Waals surface area contributed by atoms with Crippen LogP contribution in [-0.2, 0) is 21.2 Å². The Morgan fingerprint density at radius 2 is 1.67 bits per heavy atom. The summed E-state index contributed by atoms with van der Waals surface area (Å²) in [6.07, 6.45) is 3.13. The monoisotopic (exact) mass is 551 g/mol. The molecule has 1 fully saturated rings. The highest BCUT2D eigenvalue weighted by Gasteiger charge is 2.25. The lowest BCUT2D eigenvalue weighted by Crippen LogP contribution is -2.29. The molecule has 0 unspecified atom stereocenters. The van der Waals surface area contributed by atoms with Gasteiger partial charge in [-0.1, -0.05) is 43.3 Å². The summed E-state index contributed by atoms with van der Waals surface area (Å²) in [5.74, 6) is 0.721. The molecular weight excluding hydrogens is 514 g/mol. The third-order valence-corrected chi connectivity index (χ3v) is 8.53. The van der Waals surface area contributed by atoms with Crippen LogP contribution in [0.5, 0.6) is 11.5 Å². The predicted octanol–water partition coefficient (Wildman–Crippen LogP) is 4.96. The highest BCUT2D eigenvalue weighted by Crippen LogP contribution is 2.32. The number of sulfonamides is 1. The van der Waals surface area contributed by atoms with Crippen LogP contribution >= 0.6 is 0 Å². The third kappa shape index (κ3) is 6.91. The van der Waals surface area contributed by atoms with Gasteiger partial charge in [-0.25, -0.2) is 13.1 Å². The van der Waals surface area contributed by atoms with E-state index < -0.39 is 10.0 Å². The number of methoxy groups -OCH3 is 2. The number of carbonyl (C=O) groups excluding carboxylic acids is 1. The Morgan fingerprint density at radius 3 is 2.33 bits per heavy atom. The van der Waals surface area contributed by atoms with Crippen LogP contribution in [0.25, 0.3) is 0 Å². The summed E-state index contributed by atoms with van der Waals surface area (Å²) >= 11 is 0. The molecule has 1 heterocycles. The first-order valence-electron chi connectivity index (χ1n) is 13.3. The van der Waals surface area contributed by atoms with Crippen LogP contribution in [0.15, 0.2) is 71.6 Å². The summed E-state index contributed by atoms with van der Waals surface area (Å²) in [5, 5.41) is 2.95. The standard InChI is InChI=1S/C30H37N3O5S/c1-4-25(23-10-6-5-7-11-23)30(34)32-24-13-14-26(33-18-8-9-19-33)29(21-24)39(35,36)31-17-16-22-12-15-27(37-2)28(20-22)38-3/h5-7,10-15,20-21,25,31H,4,8-9,16-19H2,1-3H3,(H,32,34)/t25-/m0/s1. The summed E-state index contributed by atoms with van der Waals surface area (Å²) in [7, 11) is -0.721. The van der Waals surface area contributed by atoms with Gasteiger partial charge in [0.15, 0.2) is 11.5 Å². The first-order valence-corrected chi connectivity index (χ1v) is 14.8. The van der Waals surface area contributed by atoms with Gasteiger partial charge in [0.2, 0.25) is 15.9 Å². The molecule has 0 aliphatic carbocycles. The Morgan fingerprint density at radius 1 is 0.949 bits per heavy atom. The van der Waals surface area contributed by atoms with E-state index in [1.165, 1.54) is 0 Å². The van der Waals surface area contributed by atoms with Gasteiger partial charge in [0.05, 0.1) is 25.8 Å². The zero-order chi connectivity index (χ0) is 27.8. The van der Waals surface area contributed by atoms with Gasteiger partial charge in [0.1, 0.15) is 4.90 Å². The summed E-state index contributed by atoms with van der Waals surface area (Å²) in [6.45, 7) is 3.77. The lowest BCUT2D eigenvalue weighted by Gasteiger charge is -2.23. The van der Waals surface area contributed by atoms with Crippen molar-refractivity contribution in [2.75, 3.05) is 44.1 Å². The number of nitrogens with zero attached hydrogens (tertiary/aromatic N) is 1. The Bertz CT molecular complexity index is 1370. The Hall–Kier alpha value is -3.56. The van der Waals surface area contributed by atoms with Crippen LogP contribution in [0.3, 0.4) is 0 Å². The number of hydrogen-bond donors (Lipinski definition) is 2. The highest BCUT2D eigenvalue weighted by atomic mass is 32.2. The maximum absolute atomic E-state index is 13.6. The summed E-state index contributed by atoms with van der Waals surface area (Å²) < 4.78 is 40.6. The molecule has 0 aromatic heterocycles. The predicted molar refractivity (Wildman–Crippen MR) is 154 cm³/mol. The number of anilines is 2. The van der Waals surface area contributed by atoms with E-state index in [0.717, 1.165) is 37.1 Å². The molecule has 3 aromatic rings. The first kappa shape index (κ1) is 28.4. The zero-order valence-electron chi connectivity index (χ0n) is 22.8. The molecule has 1 aliphatic rings. The van der Waals surface area contributed by atoms with Crippen LogP contribution in [0.4, 0.5) is 11.4 Å². The molecule has 8 nitrogen and oxygen atoms in total. The molecule has 1 saturated heterocycles. The molecule has 9 heteroatoms. The van der Waals surface area contributed by atoms with Crippen LogP contribution in [0.2, 0.25) is 0 Å². The van der Waals surface area contributed by atoms with E-state index >= 15 is 0 Å². The van der Waals surface area contributed by atoms with Gasteiger partial charge in [-0.15, -0.1) is 0 Å². The summed E-state index contributed by atoms with van der Waals surface area (Å²) in [5.41, 5.74) is 2.95. The van der Waals surface area contributed by atoms with E-state index in [-0.39, 0.29) is 23.3 Å². The molecule has 2 N–H and O–H groups in total. The van der Waals surface area contributed by atoms with Crippen molar-refractivity contribution in [2.24, 2.45) is 0 Å². The number of ether oxygens (including phenoxy) is 2. The Balaban J connectivity index is 1.54. The number of hydrogen-bond acceptors (Lipinski definition) is 6. The molecule has 39 heavy (non-hydrogen) atoms. The second-order valence-electron chi connectivity index (χ2n) is 9.57. The largest absolute Gasteiger partial charge is 0.493 e. The van der Waals surface area contributed by atoms with E-state index in [0.29, 0.717) is 35.7 Å². The highest BCUT2D eigenvalue weighted by molar-refractivity contribution is 7.89. The van der Waals surface area contributed by atoms with E-state index in [1.807, 2.05) is 49.4 Å². The molecular formula is C30H37N3O5S. The SMILES string of the molecule is CC[C@H](C(=O)Nc1ccc(N2CCCC2)c(S(=O)(=O)NCCc2ccc(OC)c(OC)c2)c1)c1ccccc1. The summed E-state index contributed by atoms with van der Waals surface area (Å²) in [6, 6.07) is 20.3. The van der Waals surface area contributed by atoms with Crippen LogP contribution in [0, 0.1) is 0 Å². The van der Waals surface area contributed by atoms with Gasteiger partial charge in [-0.2, -0.15) is 0 Å². The number of carbonyl (C=O) groups is 1. The van der Waals surface area contributed by atoms with Crippen LogP contribution in [-0.4, -0.2) is 48.2 Å². The minimum absolute atomic E-state index is 0.164. The van der Waals surface area contributed by atoms with Gasteiger partial charge in [-0.05, 0) is 67.1 Å². The van der Waals surface area contributed by atoms with Crippen LogP contribution < -0.4 is 24.4 Å². The molecule has 0 bridgehead atoms. The maximum atomic E-state index is 13.6. The van der Waals surface area contributed by atoms with Crippen molar-refractivity contribution in [2.45, 2.75) is 43.4 Å². The smallest absolute Gasteiger partial charge is 0.242 e. The van der Waals surface area contributed by atoms with Crippen molar-refractivity contribution in [3.63, 3.8) is 0 Å². The van der Waals surface area contributed by atoms with Crippen LogP contribution in [0.1, 0.15) is 43.2 Å². The van der Waals surface area contributed by atoms with Crippen molar-refractivity contribution in [3.8, 4) is 11.5 Å². The Labute approximate surface area is 231 Å². The fourth-order valence-electron chi connectivity index (χ4n) is 4.96. The topological polar surface area (TPSA) is 97.0 Å². The third-order valence-electron chi connectivity index (χ3n) is 7.04. The van der Waals surface area contributed by atoms with Crippen molar-refractivity contribution in [1.29, 1.82) is 0 Å². The molecule has 1 aliphatic heterocycles. The normalized spacial score (nSPS) is 14.2. The molecule has 1 atom stereocenters. The van der Waals surface area contributed by atoms with E-state index in [1.54, 1.807) is 38.5 Å². The quantitative estimate of drug-likeness (QED) is 0.330. The Kier molecular flexibility index (Phi) is 9.48. The maximum Gasteiger partial charge on any atom is 0.242 e. The first-order chi connectivity index (χ1) is 18.9. The van der Waals surface area contributed by atoms with Crippen molar-refractivity contribution >= 4 is 27.3 Å². The average molecular weight is 552 g/mol. The number of rotatable bonds is 12. The second-order valence-corrected chi connectivity index (χ2v) is 11.3. The summed E-state index contributed by atoms with van der Waals surface area (Å²) in [4.78, 5) is 15.4. The van der Waals surface area contributed by atoms with Gasteiger partial charge < -0.3 is 19.7 Å². The minimum Gasteiger partial charge on any atom is -0.493 e. The number of nitrogens with one attached hydrogen (secondary N) is 2.